The van der Waals surface area contributed by atoms with Crippen LogP contribution in [0.15, 0.2) is 48.8 Å². The number of halogens is 2. The molecule has 0 spiro atoms. The minimum absolute atomic E-state index is 0.00220. The fourth-order valence-corrected chi connectivity index (χ4v) is 5.84. The molecular formula is C25H24ClFN2O2. The number of hydrogen-bond acceptors (Lipinski definition) is 4. The van der Waals surface area contributed by atoms with Crippen LogP contribution in [0, 0.1) is 23.6 Å². The molecule has 0 bridgehead atoms. The summed E-state index contributed by atoms with van der Waals surface area (Å²) in [5.74, 6) is 0.936. The summed E-state index contributed by atoms with van der Waals surface area (Å²) in [6.45, 7) is 0. The molecule has 0 radical (unpaired) electrons. The van der Waals surface area contributed by atoms with Crippen LogP contribution in [0.4, 0.5) is 4.39 Å². The van der Waals surface area contributed by atoms with E-state index >= 15 is 0 Å². The van der Waals surface area contributed by atoms with Crippen LogP contribution in [-0.2, 0) is 11.2 Å². The molecule has 3 aromatic rings. The second-order valence-corrected chi connectivity index (χ2v) is 9.47. The predicted molar refractivity (Wildman–Crippen MR) is 117 cm³/mol. The first-order chi connectivity index (χ1) is 15.0. The van der Waals surface area contributed by atoms with Gasteiger partial charge < -0.3 is 5.11 Å². The molecule has 31 heavy (non-hydrogen) atoms. The molecule has 1 aromatic carbocycles. The van der Waals surface area contributed by atoms with E-state index in [0.717, 1.165) is 36.6 Å². The van der Waals surface area contributed by atoms with Crippen LogP contribution in [0.3, 0.4) is 0 Å². The summed E-state index contributed by atoms with van der Waals surface area (Å²) in [5, 5.41) is 12.1. The largest absolute Gasteiger partial charge is 0.385 e. The second-order valence-electron chi connectivity index (χ2n) is 9.04. The minimum Gasteiger partial charge on any atom is -0.385 e. The third-order valence-electron chi connectivity index (χ3n) is 7.15. The Hall–Kier alpha value is -2.37. The highest BCUT2D eigenvalue weighted by atomic mass is 35.5. The number of fused-ring (bicyclic) bond motifs is 2. The number of nitrogens with zero attached hydrogens (tertiary/aromatic N) is 2. The van der Waals surface area contributed by atoms with Crippen molar-refractivity contribution in [1.29, 1.82) is 0 Å². The molecule has 160 valence electrons. The molecule has 6 heteroatoms. The van der Waals surface area contributed by atoms with E-state index in [1.54, 1.807) is 30.5 Å². The average Bonchev–Trinajstić information content (AvgIpc) is 3.33. The second kappa shape index (κ2) is 8.29. The van der Waals surface area contributed by atoms with Crippen LogP contribution < -0.4 is 0 Å². The van der Waals surface area contributed by atoms with Crippen molar-refractivity contribution < 1.29 is 14.3 Å². The highest BCUT2D eigenvalue weighted by Crippen LogP contribution is 2.53. The first-order valence-electron chi connectivity index (χ1n) is 10.8. The molecule has 5 atom stereocenters. The number of rotatable bonds is 5. The Labute approximate surface area is 185 Å². The van der Waals surface area contributed by atoms with Crippen molar-refractivity contribution in [3.63, 3.8) is 0 Å². The normalized spacial score (nSPS) is 26.2. The highest BCUT2D eigenvalue weighted by molar-refractivity contribution is 6.30. The molecule has 2 saturated carbocycles. The van der Waals surface area contributed by atoms with Gasteiger partial charge in [-0.15, -0.1) is 0 Å². The van der Waals surface area contributed by atoms with Crippen LogP contribution in [0.5, 0.6) is 0 Å². The number of carbonyl (C=O) groups is 1. The molecule has 0 aliphatic heterocycles. The lowest BCUT2D eigenvalue weighted by molar-refractivity contribution is -0.129. The summed E-state index contributed by atoms with van der Waals surface area (Å²) in [6, 6.07) is 10.2. The molecule has 2 fully saturated rings. The molecule has 1 N–H and O–H groups in total. The van der Waals surface area contributed by atoms with Crippen LogP contribution in [0.2, 0.25) is 5.02 Å². The molecule has 2 aliphatic carbocycles. The van der Waals surface area contributed by atoms with Gasteiger partial charge in [0.1, 0.15) is 11.9 Å². The van der Waals surface area contributed by atoms with Crippen LogP contribution >= 0.6 is 11.6 Å². The Balaban J connectivity index is 1.24. The van der Waals surface area contributed by atoms with Gasteiger partial charge in [-0.25, -0.2) is 4.39 Å². The van der Waals surface area contributed by atoms with Gasteiger partial charge in [-0.1, -0.05) is 11.6 Å². The van der Waals surface area contributed by atoms with E-state index in [9.17, 15) is 14.3 Å². The van der Waals surface area contributed by atoms with Crippen molar-refractivity contribution in [3.8, 4) is 0 Å². The number of carbonyl (C=O) groups excluding carboxylic acids is 1. The van der Waals surface area contributed by atoms with Gasteiger partial charge in [-0.2, -0.15) is 0 Å². The van der Waals surface area contributed by atoms with Gasteiger partial charge in [0.25, 0.3) is 0 Å². The number of ketones is 1. The zero-order valence-corrected chi connectivity index (χ0v) is 17.8. The van der Waals surface area contributed by atoms with E-state index < -0.39 is 6.10 Å². The maximum absolute atomic E-state index is 13.8. The number of Topliss-reactive ketones (excluding diaryl/α,β-unsaturated/α-hetero) is 1. The smallest absolute Gasteiger partial charge is 0.167 e. The summed E-state index contributed by atoms with van der Waals surface area (Å²) in [5.41, 5.74) is 2.62. The molecule has 4 nitrogen and oxygen atoms in total. The van der Waals surface area contributed by atoms with Crippen molar-refractivity contribution in [2.24, 2.45) is 17.8 Å². The van der Waals surface area contributed by atoms with Gasteiger partial charge in [0.2, 0.25) is 0 Å². The van der Waals surface area contributed by atoms with Gasteiger partial charge in [-0.05, 0) is 91.3 Å². The summed E-state index contributed by atoms with van der Waals surface area (Å²) < 4.78 is 13.8. The summed E-state index contributed by atoms with van der Waals surface area (Å²) >= 11 is 5.85. The minimum atomic E-state index is -0.947. The lowest BCUT2D eigenvalue weighted by atomic mass is 9.87. The zero-order chi connectivity index (χ0) is 21.5. The predicted octanol–water partition coefficient (Wildman–Crippen LogP) is 5.11. The first-order valence-corrected chi connectivity index (χ1v) is 11.2. The van der Waals surface area contributed by atoms with E-state index in [0.29, 0.717) is 28.5 Å². The van der Waals surface area contributed by atoms with Gasteiger partial charge >= 0.3 is 0 Å². The van der Waals surface area contributed by atoms with Crippen molar-refractivity contribution in [2.45, 2.75) is 44.1 Å². The van der Waals surface area contributed by atoms with E-state index in [4.69, 9.17) is 11.6 Å². The van der Waals surface area contributed by atoms with Gasteiger partial charge in [0, 0.05) is 23.5 Å². The summed E-state index contributed by atoms with van der Waals surface area (Å²) in [7, 11) is 0. The fraction of sp³-hybridized carbons (Fsp3) is 0.400. The molecule has 0 amide bonds. The monoisotopic (exact) mass is 438 g/mol. The van der Waals surface area contributed by atoms with Crippen LogP contribution in [0.1, 0.15) is 42.9 Å². The van der Waals surface area contributed by atoms with E-state index in [2.05, 4.69) is 9.97 Å². The number of pyridine rings is 2. The molecule has 2 aliphatic rings. The average molecular weight is 439 g/mol. The van der Waals surface area contributed by atoms with Crippen LogP contribution in [0.25, 0.3) is 10.9 Å². The molecular weight excluding hydrogens is 415 g/mol. The Kier molecular flexibility index (Phi) is 5.49. The first kappa shape index (κ1) is 20.5. The van der Waals surface area contributed by atoms with Gasteiger partial charge in [0.15, 0.2) is 5.78 Å². The van der Waals surface area contributed by atoms with Crippen molar-refractivity contribution >= 4 is 28.3 Å². The van der Waals surface area contributed by atoms with Gasteiger partial charge in [0.05, 0.1) is 17.0 Å². The maximum Gasteiger partial charge on any atom is 0.167 e. The third kappa shape index (κ3) is 4.09. The summed E-state index contributed by atoms with van der Waals surface area (Å²) in [6.07, 6.45) is 6.25. The van der Waals surface area contributed by atoms with Crippen molar-refractivity contribution in [3.05, 3.63) is 70.9 Å². The van der Waals surface area contributed by atoms with Crippen molar-refractivity contribution in [1.82, 2.24) is 9.97 Å². The molecule has 2 heterocycles. The molecule has 0 saturated heterocycles. The van der Waals surface area contributed by atoms with E-state index in [1.807, 2.05) is 6.07 Å². The standard InChI is InChI=1S/C25H24ClFN2O2/c26-18-1-3-20(29-13-18)12-24(30)25(31)17-9-14-7-16(8-15(14)10-17)21-5-6-28-23-4-2-19(27)11-22(21)23/h1-6,11,13-17,25,31H,7-10,12H2/t14-,15+,16?,17?,25?. The van der Waals surface area contributed by atoms with Gasteiger partial charge in [-0.3, -0.25) is 14.8 Å². The topological polar surface area (TPSA) is 63.1 Å². The Morgan fingerprint density at radius 2 is 1.87 bits per heavy atom. The Morgan fingerprint density at radius 1 is 1.10 bits per heavy atom. The number of benzene rings is 1. The Bertz CT molecular complexity index is 1110. The quantitative estimate of drug-likeness (QED) is 0.600. The highest BCUT2D eigenvalue weighted by Gasteiger charge is 2.45. The molecule has 5 rings (SSSR count). The van der Waals surface area contributed by atoms with E-state index in [1.165, 1.54) is 17.8 Å². The Morgan fingerprint density at radius 3 is 2.58 bits per heavy atom. The van der Waals surface area contributed by atoms with E-state index in [-0.39, 0.29) is 23.9 Å². The molecule has 3 unspecified atom stereocenters. The lowest BCUT2D eigenvalue weighted by Gasteiger charge is -2.20. The lowest BCUT2D eigenvalue weighted by Crippen LogP contribution is -2.30. The number of aromatic nitrogens is 2. The number of hydrogen-bond donors (Lipinski definition) is 1. The number of aliphatic hydroxyl groups excluding tert-OH is 1. The third-order valence-corrected chi connectivity index (χ3v) is 7.37. The maximum atomic E-state index is 13.8. The fourth-order valence-electron chi connectivity index (χ4n) is 5.73. The van der Waals surface area contributed by atoms with Crippen molar-refractivity contribution in [2.75, 3.05) is 0 Å². The van der Waals surface area contributed by atoms with Crippen LogP contribution in [-0.4, -0.2) is 27.0 Å². The SMILES string of the molecule is O=C(Cc1ccc(Cl)cn1)C(O)C1C[C@H]2CC(c3ccnc4ccc(F)cc34)C[C@H]2C1. The summed E-state index contributed by atoms with van der Waals surface area (Å²) in [4.78, 5) is 21.1. The zero-order valence-electron chi connectivity index (χ0n) is 17.0. The molecule has 2 aromatic heterocycles. The number of aliphatic hydroxyl groups is 1.